The lowest BCUT2D eigenvalue weighted by Gasteiger charge is -2.43. The molecule has 12 nitrogen and oxygen atoms in total. The van der Waals surface area contributed by atoms with Gasteiger partial charge in [0.15, 0.2) is 5.69 Å². The highest BCUT2D eigenvalue weighted by atomic mass is 32.2. The van der Waals surface area contributed by atoms with Gasteiger partial charge < -0.3 is 18.9 Å². The lowest BCUT2D eigenvalue weighted by molar-refractivity contribution is -0.201. The molecule has 1 aromatic rings. The number of azide groups is 1. The minimum absolute atomic E-state index is 0.116. The van der Waals surface area contributed by atoms with E-state index in [9.17, 15) is 19.6 Å². The Kier molecular flexibility index (Phi) is 8.83. The molecule has 5 atom stereocenters. The maximum absolute atomic E-state index is 11.8. The van der Waals surface area contributed by atoms with Crippen LogP contribution in [0.2, 0.25) is 0 Å². The quantitative estimate of drug-likeness (QED) is 0.192. The van der Waals surface area contributed by atoms with Crippen LogP contribution in [0.3, 0.4) is 0 Å². The zero-order chi connectivity index (χ0) is 23.8. The Morgan fingerprint density at radius 2 is 1.91 bits per heavy atom. The number of aryl methyl sites for hydroxylation is 1. The molecular formula is C19H21N5O7S. The predicted molar refractivity (Wildman–Crippen MR) is 109 cm³/mol. The number of rotatable bonds is 7. The van der Waals surface area contributed by atoms with Crippen LogP contribution in [0.15, 0.2) is 22.3 Å². The molecule has 0 bridgehead atoms. The van der Waals surface area contributed by atoms with Crippen molar-refractivity contribution >= 4 is 29.7 Å². The van der Waals surface area contributed by atoms with Crippen molar-refractivity contribution in [3.63, 3.8) is 0 Å². The number of aromatic nitrogens is 1. The first-order valence-corrected chi connectivity index (χ1v) is 10.2. The maximum atomic E-state index is 11.8. The second-order valence-electron chi connectivity index (χ2n) is 6.78. The van der Waals surface area contributed by atoms with Gasteiger partial charge in [0.2, 0.25) is 0 Å². The van der Waals surface area contributed by atoms with Crippen molar-refractivity contribution in [1.29, 1.82) is 5.26 Å². The molecule has 170 valence electrons. The van der Waals surface area contributed by atoms with Crippen molar-refractivity contribution in [3.8, 4) is 6.07 Å². The summed E-state index contributed by atoms with van der Waals surface area (Å²) in [6, 6.07) is 2.48. The van der Waals surface area contributed by atoms with Crippen molar-refractivity contribution < 1.29 is 33.3 Å². The van der Waals surface area contributed by atoms with Crippen LogP contribution < -0.4 is 0 Å². The molecule has 32 heavy (non-hydrogen) atoms. The fraction of sp³-hybridized carbons (Fsp3) is 0.526. The van der Waals surface area contributed by atoms with E-state index < -0.39 is 47.7 Å². The minimum Gasteiger partial charge on any atom is -0.463 e. The van der Waals surface area contributed by atoms with Crippen LogP contribution in [-0.4, -0.2) is 59.3 Å². The molecule has 0 spiro atoms. The van der Waals surface area contributed by atoms with Gasteiger partial charge in [-0.05, 0) is 24.1 Å². The van der Waals surface area contributed by atoms with Gasteiger partial charge in [-0.25, -0.2) is 4.98 Å². The monoisotopic (exact) mass is 463 g/mol. The van der Waals surface area contributed by atoms with E-state index in [1.807, 2.05) is 6.07 Å². The Labute approximate surface area is 187 Å². The van der Waals surface area contributed by atoms with Gasteiger partial charge in [-0.2, -0.15) is 5.26 Å². The van der Waals surface area contributed by atoms with Gasteiger partial charge in [-0.3, -0.25) is 14.4 Å². The Morgan fingerprint density at radius 3 is 2.47 bits per heavy atom. The number of pyridine rings is 1. The first kappa shape index (κ1) is 24.9. The lowest BCUT2D eigenvalue weighted by Crippen LogP contribution is -2.59. The maximum Gasteiger partial charge on any atom is 0.303 e. The van der Waals surface area contributed by atoms with E-state index >= 15 is 0 Å². The minimum atomic E-state index is -1.20. The molecule has 0 aromatic carbocycles. The third-order valence-electron chi connectivity index (χ3n) is 4.20. The summed E-state index contributed by atoms with van der Waals surface area (Å²) in [7, 11) is 0. The van der Waals surface area contributed by atoms with Crippen molar-refractivity contribution in [2.24, 2.45) is 5.11 Å². The van der Waals surface area contributed by atoms with Gasteiger partial charge in [0.05, 0.1) is 0 Å². The number of esters is 3. The SMILES string of the molecule is CC(=O)OCC1O[C@H](Sc2cc(C)cnc2C#N)C(OC(C)=O)C(N=[N+]=[N-])[C@H]1OC(C)=O. The Bertz CT molecular complexity index is 975. The number of carbonyl (C=O) groups is 3. The van der Waals surface area contributed by atoms with E-state index in [0.29, 0.717) is 4.90 Å². The number of nitriles is 1. The molecule has 0 amide bonds. The summed E-state index contributed by atoms with van der Waals surface area (Å²) in [4.78, 5) is 42.1. The number of ether oxygens (including phenoxy) is 4. The summed E-state index contributed by atoms with van der Waals surface area (Å²) in [5.74, 6) is -1.99. The molecule has 0 saturated carbocycles. The van der Waals surface area contributed by atoms with Crippen molar-refractivity contribution in [3.05, 3.63) is 34.0 Å². The van der Waals surface area contributed by atoms with Gasteiger partial charge >= 0.3 is 17.9 Å². The van der Waals surface area contributed by atoms with E-state index in [1.54, 1.807) is 13.0 Å². The molecule has 0 radical (unpaired) electrons. The Balaban J connectivity index is 2.51. The van der Waals surface area contributed by atoms with Crippen LogP contribution in [0.5, 0.6) is 0 Å². The first-order valence-electron chi connectivity index (χ1n) is 9.37. The van der Waals surface area contributed by atoms with Gasteiger partial charge in [0.25, 0.3) is 0 Å². The molecule has 3 unspecified atom stereocenters. The number of hydrogen-bond donors (Lipinski definition) is 0. The van der Waals surface area contributed by atoms with Crippen LogP contribution in [0.1, 0.15) is 32.0 Å². The summed E-state index contributed by atoms with van der Waals surface area (Å²) >= 11 is 1.02. The number of thioether (sulfide) groups is 1. The van der Waals surface area contributed by atoms with Crippen LogP contribution in [-0.2, 0) is 33.3 Å². The molecule has 2 rings (SSSR count). The average Bonchev–Trinajstić information content (AvgIpc) is 2.70. The molecule has 0 N–H and O–H groups in total. The molecule has 1 fully saturated rings. The molecule has 1 saturated heterocycles. The zero-order valence-electron chi connectivity index (χ0n) is 17.8. The predicted octanol–water partition coefficient (Wildman–Crippen LogP) is 2.18. The first-order chi connectivity index (χ1) is 15.2. The van der Waals surface area contributed by atoms with Gasteiger partial charge in [-0.1, -0.05) is 16.9 Å². The summed E-state index contributed by atoms with van der Waals surface area (Å²) in [6.45, 7) is 4.98. The highest BCUT2D eigenvalue weighted by Gasteiger charge is 2.50. The van der Waals surface area contributed by atoms with E-state index in [1.165, 1.54) is 13.1 Å². The van der Waals surface area contributed by atoms with Crippen molar-refractivity contribution in [2.75, 3.05) is 6.61 Å². The summed E-state index contributed by atoms with van der Waals surface area (Å²) in [5, 5.41) is 13.1. The number of carbonyl (C=O) groups excluding carboxylic acids is 3. The molecular weight excluding hydrogens is 442 g/mol. The third-order valence-corrected chi connectivity index (χ3v) is 5.37. The molecule has 1 aliphatic heterocycles. The standard InChI is InChI=1S/C19H21N5O7S/c1-9-5-15(13(6-20)22-7-9)32-19-18(30-12(4)27)16(23-24-21)17(29-11(3)26)14(31-19)8-28-10(2)25/h5,7,14,16-19H,8H2,1-4H3/t14?,16?,17-,18?,19+/m0/s1. The second-order valence-corrected chi connectivity index (χ2v) is 7.92. The smallest absolute Gasteiger partial charge is 0.303 e. The molecule has 2 heterocycles. The van der Waals surface area contributed by atoms with Crippen LogP contribution in [0.4, 0.5) is 0 Å². The Hall–Kier alpha value is -3.33. The largest absolute Gasteiger partial charge is 0.463 e. The fourth-order valence-electron chi connectivity index (χ4n) is 3.01. The number of nitrogens with zero attached hydrogens (tertiary/aromatic N) is 5. The van der Waals surface area contributed by atoms with Crippen LogP contribution in [0, 0.1) is 18.3 Å². The van der Waals surface area contributed by atoms with E-state index in [2.05, 4.69) is 15.0 Å². The fourth-order valence-corrected chi connectivity index (χ4v) is 4.27. The van der Waals surface area contributed by atoms with Crippen LogP contribution >= 0.6 is 11.8 Å². The number of hydrogen-bond acceptors (Lipinski definition) is 11. The zero-order valence-corrected chi connectivity index (χ0v) is 18.6. The summed E-state index contributed by atoms with van der Waals surface area (Å²) < 4.78 is 21.7. The highest BCUT2D eigenvalue weighted by molar-refractivity contribution is 7.99. The molecule has 1 aliphatic rings. The van der Waals surface area contributed by atoms with Gasteiger partial charge in [0.1, 0.15) is 42.5 Å². The summed E-state index contributed by atoms with van der Waals surface area (Å²) in [6.07, 6.45) is -1.89. The van der Waals surface area contributed by atoms with Gasteiger partial charge in [-0.15, -0.1) is 0 Å². The molecule has 0 aliphatic carbocycles. The molecule has 1 aromatic heterocycles. The summed E-state index contributed by atoms with van der Waals surface area (Å²) in [5.41, 5.74) is 9.00. The van der Waals surface area contributed by atoms with E-state index in [0.717, 1.165) is 31.2 Å². The average molecular weight is 463 g/mol. The van der Waals surface area contributed by atoms with Crippen LogP contribution in [0.25, 0.3) is 10.4 Å². The van der Waals surface area contributed by atoms with E-state index in [-0.39, 0.29) is 12.3 Å². The second kappa shape index (κ2) is 11.3. The topological polar surface area (TPSA) is 174 Å². The van der Waals surface area contributed by atoms with Crippen molar-refractivity contribution in [2.45, 2.75) is 62.4 Å². The molecule has 13 heteroatoms. The Morgan fingerprint density at radius 1 is 1.25 bits per heavy atom. The normalized spacial score (nSPS) is 24.4. The van der Waals surface area contributed by atoms with Gasteiger partial charge in [0, 0.05) is 36.8 Å². The lowest BCUT2D eigenvalue weighted by atomic mass is 9.97. The third kappa shape index (κ3) is 6.58. The highest BCUT2D eigenvalue weighted by Crippen LogP contribution is 2.38. The van der Waals surface area contributed by atoms with Crippen molar-refractivity contribution in [1.82, 2.24) is 4.98 Å². The van der Waals surface area contributed by atoms with E-state index in [4.69, 9.17) is 24.5 Å².